The van der Waals surface area contributed by atoms with Crippen molar-refractivity contribution in [2.24, 2.45) is 0 Å². The Morgan fingerprint density at radius 3 is 2.13 bits per heavy atom. The first-order chi connectivity index (χ1) is 18.6. The van der Waals surface area contributed by atoms with Crippen LogP contribution in [-0.2, 0) is 20.7 Å². The van der Waals surface area contributed by atoms with E-state index in [-0.39, 0.29) is 18.3 Å². The van der Waals surface area contributed by atoms with Gasteiger partial charge in [0.2, 0.25) is 0 Å². The molecule has 1 N–H and O–H groups in total. The second kappa shape index (κ2) is 10.5. The largest absolute Gasteiger partial charge is 0.467 e. The second-order valence-electron chi connectivity index (χ2n) is 11.0. The number of alkyl carbamates (subject to hydrolysis) is 1. The highest BCUT2D eigenvalue weighted by atomic mass is 16.6. The van der Waals surface area contributed by atoms with Crippen LogP contribution in [0.1, 0.15) is 55.7 Å². The monoisotopic (exact) mass is 532 g/mol. The molecule has 2 bridgehead atoms. The van der Waals surface area contributed by atoms with Crippen LogP contribution in [0, 0.1) is 0 Å². The normalized spacial score (nSPS) is 18.7. The van der Waals surface area contributed by atoms with E-state index in [4.69, 9.17) is 14.2 Å². The topological polar surface area (TPSA) is 120 Å². The molecule has 1 saturated heterocycles. The molecule has 0 radical (unpaired) electrons. The maximum atomic E-state index is 13.1. The Morgan fingerprint density at radius 1 is 1.00 bits per heavy atom. The SMILES string of the molecule is COC(=O)C(Cc1ccc(OC(=O)N2CC3CC(C2)c2cc4nccnc4cc23)cc1)NC(=O)OC(C)(C)C. The van der Waals surface area contributed by atoms with Gasteiger partial charge in [0.15, 0.2) is 0 Å². The number of hydrogen-bond acceptors (Lipinski definition) is 8. The van der Waals surface area contributed by atoms with Crippen LogP contribution in [0.5, 0.6) is 5.75 Å². The summed E-state index contributed by atoms with van der Waals surface area (Å²) in [5.74, 6) is 0.296. The Kier molecular flexibility index (Phi) is 7.12. The van der Waals surface area contributed by atoms with Gasteiger partial charge in [0, 0.05) is 43.7 Å². The summed E-state index contributed by atoms with van der Waals surface area (Å²) < 4.78 is 15.8. The maximum Gasteiger partial charge on any atom is 0.415 e. The molecule has 3 atom stereocenters. The van der Waals surface area contributed by atoms with Gasteiger partial charge in [-0.15, -0.1) is 0 Å². The molecule has 0 spiro atoms. The Hall–Kier alpha value is -4.21. The molecule has 5 rings (SSSR count). The van der Waals surface area contributed by atoms with Crippen LogP contribution in [0.3, 0.4) is 0 Å². The molecule has 39 heavy (non-hydrogen) atoms. The smallest absolute Gasteiger partial charge is 0.415 e. The molecule has 0 saturated carbocycles. The van der Waals surface area contributed by atoms with Gasteiger partial charge in [0.05, 0.1) is 18.1 Å². The third kappa shape index (κ3) is 5.94. The molecule has 3 aromatic rings. The average molecular weight is 533 g/mol. The number of fused-ring (bicyclic) bond motifs is 6. The number of ether oxygens (including phenoxy) is 3. The van der Waals surface area contributed by atoms with Crippen molar-refractivity contribution in [1.82, 2.24) is 20.2 Å². The number of likely N-dealkylation sites (tertiary alicyclic amines) is 1. The van der Waals surface area contributed by atoms with Crippen LogP contribution in [0.25, 0.3) is 11.0 Å². The minimum absolute atomic E-state index is 0.186. The van der Waals surface area contributed by atoms with Gasteiger partial charge in [-0.1, -0.05) is 12.1 Å². The molecule has 2 aliphatic rings. The van der Waals surface area contributed by atoms with E-state index in [0.29, 0.717) is 18.8 Å². The van der Waals surface area contributed by atoms with Gasteiger partial charge < -0.3 is 24.4 Å². The van der Waals surface area contributed by atoms with Crippen molar-refractivity contribution in [3.8, 4) is 5.75 Å². The molecule has 10 heteroatoms. The minimum Gasteiger partial charge on any atom is -0.467 e. The molecule has 1 aromatic heterocycles. The molecular formula is C29H32N4O6. The molecule has 1 aliphatic heterocycles. The number of amides is 2. The minimum atomic E-state index is -0.925. The summed E-state index contributed by atoms with van der Waals surface area (Å²) in [6, 6.07) is 10.1. The maximum absolute atomic E-state index is 13.1. The summed E-state index contributed by atoms with van der Waals surface area (Å²) in [7, 11) is 1.26. The van der Waals surface area contributed by atoms with Gasteiger partial charge in [-0.05, 0) is 68.1 Å². The Bertz CT molecular complexity index is 1350. The Morgan fingerprint density at radius 2 is 1.59 bits per heavy atom. The Balaban J connectivity index is 1.21. The summed E-state index contributed by atoms with van der Waals surface area (Å²) in [4.78, 5) is 48.1. The second-order valence-corrected chi connectivity index (χ2v) is 11.0. The van der Waals surface area contributed by atoms with Crippen LogP contribution < -0.4 is 10.1 Å². The number of nitrogens with zero attached hydrogens (tertiary/aromatic N) is 3. The summed E-state index contributed by atoms with van der Waals surface area (Å²) >= 11 is 0. The van der Waals surface area contributed by atoms with Gasteiger partial charge in [-0.3, -0.25) is 9.97 Å². The zero-order chi connectivity index (χ0) is 27.7. The lowest BCUT2D eigenvalue weighted by Gasteiger charge is -2.31. The lowest BCUT2D eigenvalue weighted by atomic mass is 9.96. The highest BCUT2D eigenvalue weighted by Crippen LogP contribution is 2.47. The van der Waals surface area contributed by atoms with Crippen molar-refractivity contribution in [3.05, 3.63) is 65.5 Å². The van der Waals surface area contributed by atoms with Crippen LogP contribution in [0.15, 0.2) is 48.8 Å². The number of benzene rings is 2. The number of methoxy groups -OCH3 is 1. The van der Waals surface area contributed by atoms with E-state index in [1.165, 1.54) is 18.2 Å². The first-order valence-corrected chi connectivity index (χ1v) is 13.0. The van der Waals surface area contributed by atoms with Gasteiger partial charge in [-0.25, -0.2) is 14.4 Å². The molecule has 2 heterocycles. The van der Waals surface area contributed by atoms with Crippen LogP contribution in [0.4, 0.5) is 9.59 Å². The number of rotatable bonds is 5. The lowest BCUT2D eigenvalue weighted by Crippen LogP contribution is -2.45. The quantitative estimate of drug-likeness (QED) is 0.483. The third-order valence-electron chi connectivity index (χ3n) is 7.01. The fourth-order valence-corrected chi connectivity index (χ4v) is 5.33. The summed E-state index contributed by atoms with van der Waals surface area (Å²) in [5.41, 5.74) is 4.28. The van der Waals surface area contributed by atoms with Gasteiger partial charge >= 0.3 is 18.2 Å². The molecular weight excluding hydrogens is 500 g/mol. The van der Waals surface area contributed by atoms with Crippen molar-refractivity contribution in [1.29, 1.82) is 0 Å². The van der Waals surface area contributed by atoms with E-state index in [2.05, 4.69) is 27.4 Å². The molecule has 1 fully saturated rings. The fourth-order valence-electron chi connectivity index (χ4n) is 5.33. The molecule has 2 aromatic carbocycles. The van der Waals surface area contributed by atoms with E-state index in [1.807, 2.05) is 0 Å². The molecule has 1 aliphatic carbocycles. The average Bonchev–Trinajstić information content (AvgIpc) is 3.14. The van der Waals surface area contributed by atoms with Crippen LogP contribution >= 0.6 is 0 Å². The van der Waals surface area contributed by atoms with E-state index in [0.717, 1.165) is 23.0 Å². The van der Waals surface area contributed by atoms with Crippen molar-refractivity contribution in [2.75, 3.05) is 20.2 Å². The molecule has 3 unspecified atom stereocenters. The number of aromatic nitrogens is 2. The summed E-state index contributed by atoms with van der Waals surface area (Å²) in [5, 5.41) is 2.56. The molecule has 10 nitrogen and oxygen atoms in total. The first-order valence-electron chi connectivity index (χ1n) is 13.0. The van der Waals surface area contributed by atoms with Crippen molar-refractivity contribution < 1.29 is 28.6 Å². The van der Waals surface area contributed by atoms with Gasteiger partial charge in [0.25, 0.3) is 0 Å². The van der Waals surface area contributed by atoms with Crippen molar-refractivity contribution >= 4 is 29.2 Å². The van der Waals surface area contributed by atoms with E-state index < -0.39 is 29.8 Å². The Labute approximate surface area is 226 Å². The van der Waals surface area contributed by atoms with E-state index >= 15 is 0 Å². The fraction of sp³-hybridized carbons (Fsp3) is 0.414. The van der Waals surface area contributed by atoms with E-state index in [1.54, 1.807) is 62.3 Å². The third-order valence-corrected chi connectivity index (χ3v) is 7.01. The standard InChI is InChI=1S/C29H32N4O6/c1-29(2,3)39-27(35)32-25(26(34)37-4)11-17-5-7-20(8-6-17)38-28(36)33-15-18-12-19(16-33)22-14-24-23(13-21(18)22)30-9-10-31-24/h5-10,13-14,18-19,25H,11-12,15-16H2,1-4H3,(H,32,35). The molecule has 204 valence electrons. The summed E-state index contributed by atoms with van der Waals surface area (Å²) in [6.45, 7) is 6.39. The van der Waals surface area contributed by atoms with Gasteiger partial charge in [-0.2, -0.15) is 0 Å². The van der Waals surface area contributed by atoms with Crippen LogP contribution in [-0.4, -0.2) is 64.9 Å². The predicted octanol–water partition coefficient (Wildman–Crippen LogP) is 4.32. The number of carbonyl (C=O) groups excluding carboxylic acids is 3. The first kappa shape index (κ1) is 26.4. The van der Waals surface area contributed by atoms with Gasteiger partial charge in [0.1, 0.15) is 17.4 Å². The van der Waals surface area contributed by atoms with E-state index in [9.17, 15) is 14.4 Å². The zero-order valence-electron chi connectivity index (χ0n) is 22.5. The number of carbonyl (C=O) groups is 3. The summed E-state index contributed by atoms with van der Waals surface area (Å²) in [6.07, 6.45) is 3.47. The van der Waals surface area contributed by atoms with Crippen molar-refractivity contribution in [3.63, 3.8) is 0 Å². The number of nitrogens with one attached hydrogen (secondary N) is 1. The highest BCUT2D eigenvalue weighted by Gasteiger charge is 2.40. The lowest BCUT2D eigenvalue weighted by molar-refractivity contribution is -0.143. The number of hydrogen-bond donors (Lipinski definition) is 1. The number of piperidine rings is 1. The number of esters is 1. The molecule has 2 amide bonds. The van der Waals surface area contributed by atoms with Crippen molar-refractivity contribution in [2.45, 2.75) is 57.1 Å². The van der Waals surface area contributed by atoms with Crippen LogP contribution in [0.2, 0.25) is 0 Å². The predicted molar refractivity (Wildman–Crippen MR) is 143 cm³/mol. The highest BCUT2D eigenvalue weighted by molar-refractivity contribution is 5.82. The zero-order valence-corrected chi connectivity index (χ0v) is 22.5.